The Hall–Kier alpha value is -1.39. The van der Waals surface area contributed by atoms with Crippen molar-refractivity contribution in [3.05, 3.63) is 35.9 Å². The number of hydrogen-bond donors (Lipinski definition) is 2. The molecule has 1 saturated heterocycles. The number of rotatable bonds is 4. The molecule has 2 rings (SSSR count). The summed E-state index contributed by atoms with van der Waals surface area (Å²) in [5.41, 5.74) is 7.24. The number of nitrogens with two attached hydrogens (primary N) is 1. The van der Waals surface area contributed by atoms with Crippen molar-refractivity contribution in [3.8, 4) is 0 Å². The zero-order valence-electron chi connectivity index (χ0n) is 12.4. The molecule has 4 nitrogen and oxygen atoms in total. The van der Waals surface area contributed by atoms with Gasteiger partial charge in [0.2, 0.25) is 5.91 Å². The summed E-state index contributed by atoms with van der Waals surface area (Å²) in [7, 11) is 0. The standard InChI is InChI=1S/C16H25N3O/c1-12-10-19(11-13(2)18-12)16(20)9-8-15(17)14-6-4-3-5-7-14/h3-7,12-13,15,18H,8-11,17H2,1-2H3. The molecule has 1 fully saturated rings. The molecule has 1 aromatic rings. The highest BCUT2D eigenvalue weighted by Gasteiger charge is 2.24. The maximum Gasteiger partial charge on any atom is 0.222 e. The molecule has 0 bridgehead atoms. The van der Waals surface area contributed by atoms with E-state index in [-0.39, 0.29) is 11.9 Å². The monoisotopic (exact) mass is 275 g/mol. The van der Waals surface area contributed by atoms with Crippen LogP contribution >= 0.6 is 0 Å². The van der Waals surface area contributed by atoms with Crippen molar-refractivity contribution >= 4 is 5.91 Å². The minimum atomic E-state index is -0.0575. The summed E-state index contributed by atoms with van der Waals surface area (Å²) in [4.78, 5) is 14.2. The van der Waals surface area contributed by atoms with E-state index in [1.54, 1.807) is 0 Å². The molecule has 0 aliphatic carbocycles. The van der Waals surface area contributed by atoms with Gasteiger partial charge in [-0.3, -0.25) is 4.79 Å². The molecule has 3 N–H and O–H groups in total. The third kappa shape index (κ3) is 4.05. The molecule has 1 aliphatic heterocycles. The van der Waals surface area contributed by atoms with Crippen molar-refractivity contribution in [2.45, 2.75) is 44.8 Å². The Bertz CT molecular complexity index is 425. The molecular formula is C16H25N3O. The van der Waals surface area contributed by atoms with Crippen molar-refractivity contribution in [2.75, 3.05) is 13.1 Å². The molecule has 0 saturated carbocycles. The zero-order chi connectivity index (χ0) is 14.5. The maximum absolute atomic E-state index is 12.3. The molecule has 4 heteroatoms. The van der Waals surface area contributed by atoms with Crippen molar-refractivity contribution in [2.24, 2.45) is 5.73 Å². The fourth-order valence-electron chi connectivity index (χ4n) is 2.83. The van der Waals surface area contributed by atoms with Gasteiger partial charge in [0.15, 0.2) is 0 Å². The third-order valence-corrected chi connectivity index (χ3v) is 3.81. The summed E-state index contributed by atoms with van der Waals surface area (Å²) in [5, 5.41) is 3.44. The van der Waals surface area contributed by atoms with Crippen LogP contribution in [0, 0.1) is 0 Å². The molecule has 1 heterocycles. The second kappa shape index (κ2) is 6.86. The molecule has 0 radical (unpaired) electrons. The zero-order valence-corrected chi connectivity index (χ0v) is 12.4. The van der Waals surface area contributed by atoms with Gasteiger partial charge in [0.25, 0.3) is 0 Å². The Morgan fingerprint density at radius 3 is 2.50 bits per heavy atom. The molecule has 0 spiro atoms. The SMILES string of the molecule is CC1CN(C(=O)CCC(N)c2ccccc2)CC(C)N1. The lowest BCUT2D eigenvalue weighted by atomic mass is 10.0. The Labute approximate surface area is 121 Å². The number of nitrogens with one attached hydrogen (secondary N) is 1. The predicted molar refractivity (Wildman–Crippen MR) is 81.2 cm³/mol. The number of carbonyl (C=O) groups is 1. The topological polar surface area (TPSA) is 58.4 Å². The van der Waals surface area contributed by atoms with E-state index in [2.05, 4.69) is 19.2 Å². The summed E-state index contributed by atoms with van der Waals surface area (Å²) in [6, 6.07) is 10.7. The second-order valence-electron chi connectivity index (χ2n) is 5.82. The lowest BCUT2D eigenvalue weighted by Crippen LogP contribution is -2.55. The van der Waals surface area contributed by atoms with E-state index in [1.165, 1.54) is 0 Å². The van der Waals surface area contributed by atoms with E-state index in [1.807, 2.05) is 35.2 Å². The average Bonchev–Trinajstić information content (AvgIpc) is 2.44. The number of benzene rings is 1. The van der Waals surface area contributed by atoms with E-state index in [4.69, 9.17) is 5.73 Å². The lowest BCUT2D eigenvalue weighted by molar-refractivity contribution is -0.133. The summed E-state index contributed by atoms with van der Waals surface area (Å²) < 4.78 is 0. The first-order chi connectivity index (χ1) is 9.56. The molecule has 110 valence electrons. The van der Waals surface area contributed by atoms with E-state index < -0.39 is 0 Å². The van der Waals surface area contributed by atoms with E-state index >= 15 is 0 Å². The fraction of sp³-hybridized carbons (Fsp3) is 0.562. The van der Waals surface area contributed by atoms with Crippen LogP contribution in [0.3, 0.4) is 0 Å². The van der Waals surface area contributed by atoms with Gasteiger partial charge < -0.3 is 16.0 Å². The first kappa shape index (κ1) is 15.0. The Morgan fingerprint density at radius 2 is 1.90 bits per heavy atom. The first-order valence-corrected chi connectivity index (χ1v) is 7.40. The Balaban J connectivity index is 1.83. The molecular weight excluding hydrogens is 250 g/mol. The van der Waals surface area contributed by atoms with Crippen molar-refractivity contribution in [3.63, 3.8) is 0 Å². The highest BCUT2D eigenvalue weighted by molar-refractivity contribution is 5.76. The van der Waals surface area contributed by atoms with Gasteiger partial charge in [-0.25, -0.2) is 0 Å². The first-order valence-electron chi connectivity index (χ1n) is 7.40. The quantitative estimate of drug-likeness (QED) is 0.879. The number of carbonyl (C=O) groups excluding carboxylic acids is 1. The van der Waals surface area contributed by atoms with Crippen molar-refractivity contribution < 1.29 is 4.79 Å². The predicted octanol–water partition coefficient (Wildman–Crippen LogP) is 1.68. The van der Waals surface area contributed by atoms with Crippen LogP contribution in [0.1, 0.15) is 38.3 Å². The molecule has 1 aliphatic rings. The number of amides is 1. The van der Waals surface area contributed by atoms with Gasteiger partial charge in [0.1, 0.15) is 0 Å². The van der Waals surface area contributed by atoms with E-state index in [0.29, 0.717) is 24.9 Å². The van der Waals surface area contributed by atoms with Crippen molar-refractivity contribution in [1.82, 2.24) is 10.2 Å². The molecule has 1 amide bonds. The van der Waals surface area contributed by atoms with Gasteiger partial charge in [-0.05, 0) is 25.8 Å². The minimum absolute atomic E-state index is 0.0575. The summed E-state index contributed by atoms with van der Waals surface area (Å²) >= 11 is 0. The Kier molecular flexibility index (Phi) is 5.15. The van der Waals surface area contributed by atoms with Crippen LogP contribution in [0.4, 0.5) is 0 Å². The molecule has 1 aromatic carbocycles. The molecule has 20 heavy (non-hydrogen) atoms. The summed E-state index contributed by atoms with van der Waals surface area (Å²) in [5.74, 6) is 0.219. The number of nitrogens with zero attached hydrogens (tertiary/aromatic N) is 1. The maximum atomic E-state index is 12.3. The van der Waals surface area contributed by atoms with Crippen LogP contribution in [0.15, 0.2) is 30.3 Å². The highest BCUT2D eigenvalue weighted by atomic mass is 16.2. The van der Waals surface area contributed by atoms with Gasteiger partial charge in [-0.15, -0.1) is 0 Å². The second-order valence-corrected chi connectivity index (χ2v) is 5.82. The largest absolute Gasteiger partial charge is 0.340 e. The normalized spacial score (nSPS) is 24.4. The van der Waals surface area contributed by atoms with Gasteiger partial charge in [-0.1, -0.05) is 30.3 Å². The smallest absolute Gasteiger partial charge is 0.222 e. The minimum Gasteiger partial charge on any atom is -0.340 e. The molecule has 3 unspecified atom stereocenters. The van der Waals surface area contributed by atoms with Gasteiger partial charge >= 0.3 is 0 Å². The van der Waals surface area contributed by atoms with Crippen LogP contribution in [0.5, 0.6) is 0 Å². The Morgan fingerprint density at radius 1 is 1.30 bits per heavy atom. The lowest BCUT2D eigenvalue weighted by Gasteiger charge is -2.36. The summed E-state index contributed by atoms with van der Waals surface area (Å²) in [6.45, 7) is 5.82. The average molecular weight is 275 g/mol. The van der Waals surface area contributed by atoms with E-state index in [0.717, 1.165) is 18.7 Å². The number of piperazine rings is 1. The van der Waals surface area contributed by atoms with Crippen LogP contribution in [0.25, 0.3) is 0 Å². The summed E-state index contributed by atoms with van der Waals surface area (Å²) in [6.07, 6.45) is 1.23. The van der Waals surface area contributed by atoms with Gasteiger partial charge in [0, 0.05) is 37.6 Å². The van der Waals surface area contributed by atoms with E-state index in [9.17, 15) is 4.79 Å². The molecule has 3 atom stereocenters. The van der Waals surface area contributed by atoms with Crippen LogP contribution < -0.4 is 11.1 Å². The third-order valence-electron chi connectivity index (χ3n) is 3.81. The fourth-order valence-corrected chi connectivity index (χ4v) is 2.83. The van der Waals surface area contributed by atoms with Gasteiger partial charge in [0.05, 0.1) is 0 Å². The highest BCUT2D eigenvalue weighted by Crippen LogP contribution is 2.16. The van der Waals surface area contributed by atoms with Crippen molar-refractivity contribution in [1.29, 1.82) is 0 Å². The van der Waals surface area contributed by atoms with Crippen LogP contribution in [-0.2, 0) is 4.79 Å². The molecule has 0 aromatic heterocycles. The number of hydrogen-bond acceptors (Lipinski definition) is 3. The van der Waals surface area contributed by atoms with Crippen LogP contribution in [0.2, 0.25) is 0 Å². The van der Waals surface area contributed by atoms with Gasteiger partial charge in [-0.2, -0.15) is 0 Å². The van der Waals surface area contributed by atoms with Crippen LogP contribution in [-0.4, -0.2) is 36.0 Å².